The average molecular weight is 416 g/mol. The van der Waals surface area contributed by atoms with Crippen LogP contribution in [0.4, 0.5) is 17.6 Å². The van der Waals surface area contributed by atoms with Gasteiger partial charge in [0.05, 0.1) is 11.6 Å². The molecule has 0 saturated heterocycles. The van der Waals surface area contributed by atoms with E-state index in [4.69, 9.17) is 4.74 Å². The summed E-state index contributed by atoms with van der Waals surface area (Å²) < 4.78 is 61.4. The van der Waals surface area contributed by atoms with E-state index in [0.29, 0.717) is 21.2 Å². The van der Waals surface area contributed by atoms with Crippen molar-refractivity contribution in [3.63, 3.8) is 0 Å². The topological polar surface area (TPSA) is 35.3 Å². The van der Waals surface area contributed by atoms with Gasteiger partial charge in [0.2, 0.25) is 0 Å². The van der Waals surface area contributed by atoms with Gasteiger partial charge in [-0.15, -0.1) is 0 Å². The molecule has 130 valence electrons. The van der Waals surface area contributed by atoms with Crippen molar-refractivity contribution < 1.29 is 26.7 Å². The number of nitrogens with zero attached hydrogens (tertiary/aromatic N) is 1. The molecule has 2 aromatic carbocycles. The summed E-state index contributed by atoms with van der Waals surface area (Å²) in [6, 6.07) is 9.49. The molecule has 0 amide bonds. The largest absolute Gasteiger partial charge is 0.492 e. The van der Waals surface area contributed by atoms with Crippen LogP contribution in [0.3, 0.4) is 0 Å². The summed E-state index contributed by atoms with van der Waals surface area (Å²) in [7, 11) is 1.37. The first kappa shape index (κ1) is 17.5. The van der Waals surface area contributed by atoms with Crippen LogP contribution in [0.5, 0.6) is 5.75 Å². The molecule has 0 aliphatic heterocycles. The molecule has 0 N–H and O–H groups in total. The molecule has 0 aliphatic rings. The van der Waals surface area contributed by atoms with Crippen molar-refractivity contribution in [1.82, 2.24) is 4.98 Å². The van der Waals surface area contributed by atoms with Gasteiger partial charge >= 0.3 is 12.1 Å². The van der Waals surface area contributed by atoms with Gasteiger partial charge in [-0.1, -0.05) is 24.3 Å². The van der Waals surface area contributed by atoms with E-state index in [1.54, 1.807) is 30.3 Å². The molecule has 0 fully saturated rings. The lowest BCUT2D eigenvalue weighted by atomic mass is 10.0. The minimum Gasteiger partial charge on any atom is -0.492 e. The number of aromatic nitrogens is 1. The lowest BCUT2D eigenvalue weighted by molar-refractivity contribution is -0.157. The van der Waals surface area contributed by atoms with Crippen molar-refractivity contribution in [2.45, 2.75) is 6.18 Å². The van der Waals surface area contributed by atoms with E-state index in [1.807, 2.05) is 0 Å². The molecule has 0 unspecified atom stereocenters. The molecule has 0 aliphatic carbocycles. The molecule has 8 heteroatoms. The number of halogens is 5. The molecule has 3 aromatic rings. The van der Waals surface area contributed by atoms with Gasteiger partial charge in [-0.3, -0.25) is 0 Å². The van der Waals surface area contributed by atoms with Crippen LogP contribution in [0.2, 0.25) is 0 Å². The predicted molar refractivity (Wildman–Crippen MR) is 86.6 cm³/mol. The standard InChI is InChI=1S/C17H10BrF4NO2/c1-24-15-12(18)6-11(7-13(15)19)9-2-4-10(5-3-9)14-8-25-16(23-14)17(20,21)22/h2-8H,1H3. The smallest absolute Gasteiger partial charge is 0.468 e. The number of hydrogen-bond acceptors (Lipinski definition) is 3. The molecule has 0 radical (unpaired) electrons. The van der Waals surface area contributed by atoms with Crippen molar-refractivity contribution in [2.24, 2.45) is 0 Å². The quantitative estimate of drug-likeness (QED) is 0.496. The highest BCUT2D eigenvalue weighted by Gasteiger charge is 2.37. The Balaban J connectivity index is 1.92. The molecular weight excluding hydrogens is 406 g/mol. The Hall–Kier alpha value is -2.35. The minimum atomic E-state index is -4.63. The van der Waals surface area contributed by atoms with Crippen LogP contribution in [0.25, 0.3) is 22.4 Å². The van der Waals surface area contributed by atoms with Crippen LogP contribution in [0, 0.1) is 5.82 Å². The van der Waals surface area contributed by atoms with Crippen LogP contribution < -0.4 is 4.74 Å². The summed E-state index contributed by atoms with van der Waals surface area (Å²) in [6.45, 7) is 0. The molecule has 1 aromatic heterocycles. The highest BCUT2D eigenvalue weighted by molar-refractivity contribution is 9.10. The molecule has 0 saturated carbocycles. The van der Waals surface area contributed by atoms with Gasteiger partial charge in [0.15, 0.2) is 11.6 Å². The summed E-state index contributed by atoms with van der Waals surface area (Å²) in [5, 5.41) is 0. The van der Waals surface area contributed by atoms with Gasteiger partial charge in [-0.05, 0) is 39.2 Å². The van der Waals surface area contributed by atoms with Gasteiger partial charge < -0.3 is 9.15 Å². The number of alkyl halides is 3. The summed E-state index contributed by atoms with van der Waals surface area (Å²) in [5.41, 5.74) is 1.80. The van der Waals surface area contributed by atoms with Crippen molar-refractivity contribution in [1.29, 1.82) is 0 Å². The molecule has 0 atom stereocenters. The van der Waals surface area contributed by atoms with Crippen LogP contribution >= 0.6 is 15.9 Å². The number of rotatable bonds is 3. The maximum atomic E-state index is 14.0. The van der Waals surface area contributed by atoms with E-state index >= 15 is 0 Å². The van der Waals surface area contributed by atoms with Crippen molar-refractivity contribution in [3.8, 4) is 28.1 Å². The van der Waals surface area contributed by atoms with Gasteiger partial charge in [0.1, 0.15) is 12.0 Å². The summed E-state index contributed by atoms with van der Waals surface area (Å²) in [4.78, 5) is 3.43. The van der Waals surface area contributed by atoms with Crippen LogP contribution in [0.15, 0.2) is 51.6 Å². The van der Waals surface area contributed by atoms with Crippen molar-refractivity contribution >= 4 is 15.9 Å². The van der Waals surface area contributed by atoms with Crippen molar-refractivity contribution in [2.75, 3.05) is 7.11 Å². The molecule has 3 rings (SSSR count). The second kappa shape index (κ2) is 6.51. The lowest BCUT2D eigenvalue weighted by Gasteiger charge is -2.08. The summed E-state index contributed by atoms with van der Waals surface area (Å²) >= 11 is 3.23. The number of benzene rings is 2. The second-order valence-electron chi connectivity index (χ2n) is 5.09. The first-order chi connectivity index (χ1) is 11.8. The molecule has 3 nitrogen and oxygen atoms in total. The zero-order valence-corrected chi connectivity index (χ0v) is 14.3. The van der Waals surface area contributed by atoms with Gasteiger partial charge in [-0.2, -0.15) is 13.2 Å². The Morgan fingerprint density at radius 2 is 1.68 bits per heavy atom. The molecular formula is C17H10BrF4NO2. The Morgan fingerprint density at radius 3 is 2.20 bits per heavy atom. The molecule has 0 spiro atoms. The summed E-state index contributed by atoms with van der Waals surface area (Å²) in [5.74, 6) is -1.72. The maximum Gasteiger partial charge on any atom is 0.468 e. The van der Waals surface area contributed by atoms with E-state index in [-0.39, 0.29) is 11.4 Å². The van der Waals surface area contributed by atoms with Crippen LogP contribution in [0.1, 0.15) is 5.89 Å². The number of oxazole rings is 1. The summed E-state index contributed by atoms with van der Waals surface area (Å²) in [6.07, 6.45) is -3.69. The average Bonchev–Trinajstić information content (AvgIpc) is 3.05. The van der Waals surface area contributed by atoms with Gasteiger partial charge in [-0.25, -0.2) is 9.37 Å². The zero-order valence-electron chi connectivity index (χ0n) is 12.7. The van der Waals surface area contributed by atoms with Gasteiger partial charge in [0.25, 0.3) is 0 Å². The third-order valence-corrected chi connectivity index (χ3v) is 4.05. The third kappa shape index (κ3) is 3.53. The predicted octanol–water partition coefficient (Wildman–Crippen LogP) is 5.94. The van der Waals surface area contributed by atoms with Crippen LogP contribution in [-0.4, -0.2) is 12.1 Å². The lowest BCUT2D eigenvalue weighted by Crippen LogP contribution is -2.04. The van der Waals surface area contributed by atoms with E-state index in [9.17, 15) is 17.6 Å². The fourth-order valence-corrected chi connectivity index (χ4v) is 2.89. The Kier molecular flexibility index (Phi) is 4.55. The van der Waals surface area contributed by atoms with Crippen LogP contribution in [-0.2, 0) is 6.18 Å². The molecule has 25 heavy (non-hydrogen) atoms. The zero-order chi connectivity index (χ0) is 18.2. The van der Waals surface area contributed by atoms with E-state index in [1.165, 1.54) is 13.2 Å². The number of ether oxygens (including phenoxy) is 1. The first-order valence-corrected chi connectivity index (χ1v) is 7.75. The fourth-order valence-electron chi connectivity index (χ4n) is 2.29. The molecule has 0 bridgehead atoms. The Labute approximate surface area is 148 Å². The van der Waals surface area contributed by atoms with E-state index < -0.39 is 17.9 Å². The molecule has 1 heterocycles. The normalized spacial score (nSPS) is 11.6. The Morgan fingerprint density at radius 1 is 1.04 bits per heavy atom. The van der Waals surface area contributed by atoms with E-state index in [2.05, 4.69) is 25.3 Å². The highest BCUT2D eigenvalue weighted by Crippen LogP contribution is 2.35. The number of hydrogen-bond donors (Lipinski definition) is 0. The second-order valence-corrected chi connectivity index (χ2v) is 5.94. The number of methoxy groups -OCH3 is 1. The Bertz CT molecular complexity index is 881. The minimum absolute atomic E-state index is 0.0703. The first-order valence-electron chi connectivity index (χ1n) is 6.96. The van der Waals surface area contributed by atoms with Gasteiger partial charge in [0, 0.05) is 5.56 Å². The maximum absolute atomic E-state index is 14.0. The van der Waals surface area contributed by atoms with E-state index in [0.717, 1.165) is 6.26 Å². The highest BCUT2D eigenvalue weighted by atomic mass is 79.9. The SMILES string of the molecule is COc1c(F)cc(-c2ccc(-c3coc(C(F)(F)F)n3)cc2)cc1Br. The monoisotopic (exact) mass is 415 g/mol. The third-order valence-electron chi connectivity index (χ3n) is 3.46. The fraction of sp³-hybridized carbons (Fsp3) is 0.118. The van der Waals surface area contributed by atoms with Crippen molar-refractivity contribution in [3.05, 3.63) is 58.8 Å².